The van der Waals surface area contributed by atoms with Crippen molar-refractivity contribution in [3.05, 3.63) is 0 Å². The lowest BCUT2D eigenvalue weighted by Crippen LogP contribution is -2.47. The standard InChI is InChI=1S/C13H27N3O2S/c1-4-15-7-5-12(9-15)10-16-8-6-14-11-13(2,3)19(16,17)18/h12,14H,4-11H2,1-3H3. The van der Waals surface area contributed by atoms with E-state index in [2.05, 4.69) is 17.1 Å². The Morgan fingerprint density at radius 3 is 2.68 bits per heavy atom. The van der Waals surface area contributed by atoms with Crippen molar-refractivity contribution in [2.24, 2.45) is 5.92 Å². The normalized spacial score (nSPS) is 32.3. The molecule has 0 spiro atoms. The van der Waals surface area contributed by atoms with Gasteiger partial charge < -0.3 is 10.2 Å². The van der Waals surface area contributed by atoms with Crippen molar-refractivity contribution in [1.29, 1.82) is 0 Å². The summed E-state index contributed by atoms with van der Waals surface area (Å²) in [5.74, 6) is 0.489. The Hall–Kier alpha value is -0.170. The molecule has 0 aromatic rings. The summed E-state index contributed by atoms with van der Waals surface area (Å²) >= 11 is 0. The summed E-state index contributed by atoms with van der Waals surface area (Å²) in [6.07, 6.45) is 1.12. The molecule has 0 aromatic heterocycles. The molecule has 0 aliphatic carbocycles. The number of nitrogens with one attached hydrogen (secondary N) is 1. The van der Waals surface area contributed by atoms with Crippen LogP contribution >= 0.6 is 0 Å². The van der Waals surface area contributed by atoms with Gasteiger partial charge in [0.25, 0.3) is 0 Å². The molecule has 2 heterocycles. The van der Waals surface area contributed by atoms with Gasteiger partial charge in [-0.05, 0) is 39.3 Å². The molecule has 1 unspecified atom stereocenters. The van der Waals surface area contributed by atoms with Gasteiger partial charge in [-0.25, -0.2) is 8.42 Å². The fourth-order valence-electron chi connectivity index (χ4n) is 2.98. The van der Waals surface area contributed by atoms with Crippen molar-refractivity contribution in [3.63, 3.8) is 0 Å². The van der Waals surface area contributed by atoms with Crippen LogP contribution in [0, 0.1) is 5.92 Å². The summed E-state index contributed by atoms with van der Waals surface area (Å²) in [4.78, 5) is 2.40. The second kappa shape index (κ2) is 5.68. The van der Waals surface area contributed by atoms with Gasteiger partial charge in [0.1, 0.15) is 0 Å². The molecule has 2 aliphatic heterocycles. The van der Waals surface area contributed by atoms with E-state index in [1.54, 1.807) is 4.31 Å². The number of likely N-dealkylation sites (tertiary alicyclic amines) is 1. The van der Waals surface area contributed by atoms with Crippen LogP contribution in [0.25, 0.3) is 0 Å². The first kappa shape index (κ1) is 15.2. The lowest BCUT2D eigenvalue weighted by molar-refractivity contribution is 0.311. The molecule has 6 heteroatoms. The van der Waals surface area contributed by atoms with Crippen LogP contribution < -0.4 is 5.32 Å². The zero-order chi connectivity index (χ0) is 14.1. The zero-order valence-electron chi connectivity index (χ0n) is 12.4. The van der Waals surface area contributed by atoms with E-state index in [1.165, 1.54) is 0 Å². The monoisotopic (exact) mass is 289 g/mol. The van der Waals surface area contributed by atoms with Crippen molar-refractivity contribution in [1.82, 2.24) is 14.5 Å². The second-order valence-electron chi connectivity index (χ2n) is 6.35. The smallest absolute Gasteiger partial charge is 0.220 e. The highest BCUT2D eigenvalue weighted by Gasteiger charge is 2.41. The minimum atomic E-state index is -3.20. The van der Waals surface area contributed by atoms with E-state index >= 15 is 0 Å². The molecule has 2 saturated heterocycles. The maximum absolute atomic E-state index is 12.7. The zero-order valence-corrected chi connectivity index (χ0v) is 13.2. The molecule has 0 aromatic carbocycles. The van der Waals surface area contributed by atoms with E-state index in [-0.39, 0.29) is 0 Å². The summed E-state index contributed by atoms with van der Waals surface area (Å²) in [6.45, 7) is 11.6. The van der Waals surface area contributed by atoms with Gasteiger partial charge in [0, 0.05) is 32.7 Å². The van der Waals surface area contributed by atoms with Crippen LogP contribution in [-0.4, -0.2) is 68.2 Å². The fourth-order valence-corrected chi connectivity index (χ4v) is 4.70. The Morgan fingerprint density at radius 2 is 2.05 bits per heavy atom. The SMILES string of the molecule is CCN1CCC(CN2CCNCC(C)(C)S2(=O)=O)C1. The third-order valence-corrected chi connectivity index (χ3v) is 6.96. The van der Waals surface area contributed by atoms with Gasteiger partial charge in [0.05, 0.1) is 4.75 Å². The molecule has 0 bridgehead atoms. The molecule has 2 aliphatic rings. The average Bonchev–Trinajstić information content (AvgIpc) is 2.76. The van der Waals surface area contributed by atoms with Crippen molar-refractivity contribution < 1.29 is 8.42 Å². The van der Waals surface area contributed by atoms with Crippen molar-refractivity contribution in [2.75, 3.05) is 45.8 Å². The first-order chi connectivity index (χ1) is 8.87. The minimum absolute atomic E-state index is 0.489. The number of sulfonamides is 1. The molecule has 0 radical (unpaired) electrons. The molecule has 0 saturated carbocycles. The van der Waals surface area contributed by atoms with E-state index < -0.39 is 14.8 Å². The molecule has 1 atom stereocenters. The summed E-state index contributed by atoms with van der Waals surface area (Å²) in [5.41, 5.74) is 0. The average molecular weight is 289 g/mol. The van der Waals surface area contributed by atoms with Crippen molar-refractivity contribution >= 4 is 10.0 Å². The van der Waals surface area contributed by atoms with Crippen molar-refractivity contribution in [3.8, 4) is 0 Å². The van der Waals surface area contributed by atoms with Crippen LogP contribution in [0.1, 0.15) is 27.2 Å². The van der Waals surface area contributed by atoms with Gasteiger partial charge in [-0.1, -0.05) is 6.92 Å². The maximum Gasteiger partial charge on any atom is 0.220 e. The lowest BCUT2D eigenvalue weighted by Gasteiger charge is -2.30. The second-order valence-corrected chi connectivity index (χ2v) is 8.92. The first-order valence-electron chi connectivity index (χ1n) is 7.29. The Kier molecular flexibility index (Phi) is 4.55. The number of nitrogens with zero attached hydrogens (tertiary/aromatic N) is 2. The van der Waals surface area contributed by atoms with Crippen LogP contribution in [0.3, 0.4) is 0 Å². The molecule has 5 nitrogen and oxygen atoms in total. The molecule has 0 amide bonds. The third kappa shape index (κ3) is 3.12. The molecule has 112 valence electrons. The highest BCUT2D eigenvalue weighted by atomic mass is 32.2. The summed E-state index contributed by atoms with van der Waals surface area (Å²) in [5, 5.41) is 3.24. The molecule has 19 heavy (non-hydrogen) atoms. The van der Waals surface area contributed by atoms with Crippen LogP contribution in [0.4, 0.5) is 0 Å². The minimum Gasteiger partial charge on any atom is -0.314 e. The van der Waals surface area contributed by atoms with E-state index in [4.69, 9.17) is 0 Å². The van der Waals surface area contributed by atoms with Gasteiger partial charge in [0.2, 0.25) is 10.0 Å². The fraction of sp³-hybridized carbons (Fsp3) is 1.00. The number of hydrogen-bond donors (Lipinski definition) is 1. The van der Waals surface area contributed by atoms with Gasteiger partial charge in [0.15, 0.2) is 0 Å². The van der Waals surface area contributed by atoms with Crippen LogP contribution in [0.15, 0.2) is 0 Å². The van der Waals surface area contributed by atoms with Gasteiger partial charge in [-0.2, -0.15) is 4.31 Å². The molecule has 1 N–H and O–H groups in total. The summed E-state index contributed by atoms with van der Waals surface area (Å²) < 4.78 is 26.3. The molecular formula is C13H27N3O2S. The predicted molar refractivity (Wildman–Crippen MR) is 77.7 cm³/mol. The first-order valence-corrected chi connectivity index (χ1v) is 8.73. The summed E-state index contributed by atoms with van der Waals surface area (Å²) in [6, 6.07) is 0. The molecular weight excluding hydrogens is 262 g/mol. The van der Waals surface area contributed by atoms with E-state index in [1.807, 2.05) is 13.8 Å². The van der Waals surface area contributed by atoms with Gasteiger partial charge in [-0.3, -0.25) is 0 Å². The predicted octanol–water partition coefficient (Wildman–Crippen LogP) is 0.342. The Labute approximate surface area is 117 Å². The van der Waals surface area contributed by atoms with Crippen LogP contribution in [0.5, 0.6) is 0 Å². The quantitative estimate of drug-likeness (QED) is 0.814. The number of hydrogen-bond acceptors (Lipinski definition) is 4. The number of rotatable bonds is 3. The Balaban J connectivity index is 2.06. The molecule has 2 rings (SSSR count). The Morgan fingerprint density at radius 1 is 1.32 bits per heavy atom. The van der Waals surface area contributed by atoms with Crippen LogP contribution in [-0.2, 0) is 10.0 Å². The highest BCUT2D eigenvalue weighted by molar-refractivity contribution is 7.90. The highest BCUT2D eigenvalue weighted by Crippen LogP contribution is 2.25. The lowest BCUT2D eigenvalue weighted by atomic mass is 10.1. The topological polar surface area (TPSA) is 52.6 Å². The largest absolute Gasteiger partial charge is 0.314 e. The van der Waals surface area contributed by atoms with Gasteiger partial charge in [-0.15, -0.1) is 0 Å². The van der Waals surface area contributed by atoms with E-state index in [0.29, 0.717) is 25.6 Å². The summed E-state index contributed by atoms with van der Waals surface area (Å²) in [7, 11) is -3.20. The third-order valence-electron chi connectivity index (χ3n) is 4.41. The van der Waals surface area contributed by atoms with E-state index in [9.17, 15) is 8.42 Å². The molecule has 2 fully saturated rings. The van der Waals surface area contributed by atoms with Crippen LogP contribution in [0.2, 0.25) is 0 Å². The van der Waals surface area contributed by atoms with Gasteiger partial charge >= 0.3 is 0 Å². The van der Waals surface area contributed by atoms with E-state index in [0.717, 1.165) is 32.6 Å². The van der Waals surface area contributed by atoms with Crippen molar-refractivity contribution in [2.45, 2.75) is 31.9 Å². The maximum atomic E-state index is 12.7. The Bertz CT molecular complexity index is 408.